The maximum absolute atomic E-state index is 4.23. The van der Waals surface area contributed by atoms with Crippen LogP contribution in [0.15, 0.2) is 12.4 Å². The summed E-state index contributed by atoms with van der Waals surface area (Å²) in [5.74, 6) is 1.47. The van der Waals surface area contributed by atoms with Crippen LogP contribution in [0.1, 0.15) is 39.2 Å². The Kier molecular flexibility index (Phi) is 6.27. The lowest BCUT2D eigenvalue weighted by atomic mass is 9.96. The van der Waals surface area contributed by atoms with E-state index in [0.717, 1.165) is 31.3 Å². The highest BCUT2D eigenvalue weighted by molar-refractivity contribution is 5.04. The van der Waals surface area contributed by atoms with Gasteiger partial charge in [0.2, 0.25) is 0 Å². The number of aryl methyl sites for hydroxylation is 1. The summed E-state index contributed by atoms with van der Waals surface area (Å²) in [5.41, 5.74) is 1.36. The van der Waals surface area contributed by atoms with Gasteiger partial charge < -0.3 is 5.32 Å². The van der Waals surface area contributed by atoms with Crippen LogP contribution >= 0.6 is 0 Å². The smallest absolute Gasteiger partial charge is 0.0521 e. The largest absolute Gasteiger partial charge is 0.316 e. The fourth-order valence-electron chi connectivity index (χ4n) is 2.17. The number of aromatic nitrogens is 2. The molecule has 0 saturated carbocycles. The van der Waals surface area contributed by atoms with Gasteiger partial charge in [-0.15, -0.1) is 0 Å². The van der Waals surface area contributed by atoms with Gasteiger partial charge in [-0.3, -0.25) is 4.68 Å². The van der Waals surface area contributed by atoms with Crippen LogP contribution in [0.25, 0.3) is 0 Å². The van der Waals surface area contributed by atoms with Gasteiger partial charge in [-0.1, -0.05) is 27.2 Å². The number of hydrogen-bond acceptors (Lipinski definition) is 2. The van der Waals surface area contributed by atoms with E-state index in [1.54, 1.807) is 0 Å². The van der Waals surface area contributed by atoms with Crippen LogP contribution in [0.3, 0.4) is 0 Å². The third-order valence-electron chi connectivity index (χ3n) is 2.97. The van der Waals surface area contributed by atoms with Crippen molar-refractivity contribution in [2.75, 3.05) is 13.1 Å². The zero-order valence-corrected chi connectivity index (χ0v) is 11.7. The average molecular weight is 237 g/mol. The molecule has 0 spiro atoms. The molecule has 17 heavy (non-hydrogen) atoms. The highest BCUT2D eigenvalue weighted by atomic mass is 15.2. The van der Waals surface area contributed by atoms with Gasteiger partial charge in [0.25, 0.3) is 0 Å². The summed E-state index contributed by atoms with van der Waals surface area (Å²) in [4.78, 5) is 0. The lowest BCUT2D eigenvalue weighted by Gasteiger charge is -2.17. The van der Waals surface area contributed by atoms with Crippen LogP contribution in [0.4, 0.5) is 0 Å². The molecule has 1 aromatic heterocycles. The SMILES string of the molecule is CCCC(CNCC(C)C)Cc1cnn(C)c1. The first-order valence-electron chi connectivity index (χ1n) is 6.80. The van der Waals surface area contributed by atoms with Gasteiger partial charge in [-0.2, -0.15) is 5.10 Å². The third-order valence-corrected chi connectivity index (χ3v) is 2.97. The van der Waals surface area contributed by atoms with E-state index in [4.69, 9.17) is 0 Å². The van der Waals surface area contributed by atoms with Crippen molar-refractivity contribution < 1.29 is 0 Å². The van der Waals surface area contributed by atoms with Crippen LogP contribution in [0.5, 0.6) is 0 Å². The molecule has 0 aliphatic carbocycles. The van der Waals surface area contributed by atoms with Crippen molar-refractivity contribution in [1.29, 1.82) is 0 Å². The molecule has 98 valence electrons. The van der Waals surface area contributed by atoms with Crippen LogP contribution in [-0.4, -0.2) is 22.9 Å². The van der Waals surface area contributed by atoms with Crippen molar-refractivity contribution in [3.05, 3.63) is 18.0 Å². The van der Waals surface area contributed by atoms with Gasteiger partial charge >= 0.3 is 0 Å². The Labute approximate surface area is 106 Å². The summed E-state index contributed by atoms with van der Waals surface area (Å²) in [6, 6.07) is 0. The summed E-state index contributed by atoms with van der Waals surface area (Å²) in [6.07, 6.45) is 7.82. The van der Waals surface area contributed by atoms with Crippen LogP contribution in [-0.2, 0) is 13.5 Å². The van der Waals surface area contributed by atoms with E-state index in [9.17, 15) is 0 Å². The van der Waals surface area contributed by atoms with Crippen molar-refractivity contribution in [3.8, 4) is 0 Å². The quantitative estimate of drug-likeness (QED) is 0.753. The topological polar surface area (TPSA) is 29.9 Å². The number of nitrogens with zero attached hydrogens (tertiary/aromatic N) is 2. The first kappa shape index (κ1) is 14.2. The molecule has 1 atom stereocenters. The van der Waals surface area contributed by atoms with Crippen molar-refractivity contribution >= 4 is 0 Å². The zero-order valence-electron chi connectivity index (χ0n) is 11.7. The molecule has 0 aliphatic heterocycles. The minimum absolute atomic E-state index is 0.732. The lowest BCUT2D eigenvalue weighted by molar-refractivity contribution is 0.421. The van der Waals surface area contributed by atoms with E-state index in [0.29, 0.717) is 0 Å². The number of nitrogens with one attached hydrogen (secondary N) is 1. The molecule has 3 nitrogen and oxygen atoms in total. The molecule has 1 aromatic rings. The predicted molar refractivity (Wildman–Crippen MR) is 73.0 cm³/mol. The molecule has 1 rings (SSSR count). The summed E-state index contributed by atoms with van der Waals surface area (Å²) in [5, 5.41) is 7.80. The Balaban J connectivity index is 2.37. The van der Waals surface area contributed by atoms with E-state index in [-0.39, 0.29) is 0 Å². The molecule has 1 N–H and O–H groups in total. The van der Waals surface area contributed by atoms with E-state index < -0.39 is 0 Å². The van der Waals surface area contributed by atoms with Crippen molar-refractivity contribution in [2.45, 2.75) is 40.0 Å². The Hall–Kier alpha value is -0.830. The highest BCUT2D eigenvalue weighted by Gasteiger charge is 2.10. The summed E-state index contributed by atoms with van der Waals surface area (Å²) in [7, 11) is 1.98. The second-order valence-electron chi connectivity index (χ2n) is 5.43. The Morgan fingerprint density at radius 1 is 1.35 bits per heavy atom. The summed E-state index contributed by atoms with van der Waals surface area (Å²) < 4.78 is 1.89. The van der Waals surface area contributed by atoms with Crippen molar-refractivity contribution in [1.82, 2.24) is 15.1 Å². The van der Waals surface area contributed by atoms with Gasteiger partial charge in [0.15, 0.2) is 0 Å². The van der Waals surface area contributed by atoms with Crippen LogP contribution < -0.4 is 5.32 Å². The molecular weight excluding hydrogens is 210 g/mol. The lowest BCUT2D eigenvalue weighted by Crippen LogP contribution is -2.27. The first-order valence-corrected chi connectivity index (χ1v) is 6.80. The number of rotatable bonds is 8. The van der Waals surface area contributed by atoms with Crippen LogP contribution in [0, 0.1) is 11.8 Å². The van der Waals surface area contributed by atoms with Crippen molar-refractivity contribution in [3.63, 3.8) is 0 Å². The fraction of sp³-hybridized carbons (Fsp3) is 0.786. The van der Waals surface area contributed by atoms with Crippen molar-refractivity contribution in [2.24, 2.45) is 18.9 Å². The molecular formula is C14H27N3. The molecule has 0 fully saturated rings. The highest BCUT2D eigenvalue weighted by Crippen LogP contribution is 2.13. The van der Waals surface area contributed by atoms with E-state index in [1.807, 2.05) is 17.9 Å². The van der Waals surface area contributed by atoms with Gasteiger partial charge in [0, 0.05) is 13.2 Å². The zero-order chi connectivity index (χ0) is 12.7. The second kappa shape index (κ2) is 7.49. The van der Waals surface area contributed by atoms with E-state index in [1.165, 1.54) is 18.4 Å². The van der Waals surface area contributed by atoms with Gasteiger partial charge in [-0.25, -0.2) is 0 Å². The second-order valence-corrected chi connectivity index (χ2v) is 5.43. The molecule has 0 aromatic carbocycles. The Morgan fingerprint density at radius 2 is 2.12 bits per heavy atom. The molecule has 0 bridgehead atoms. The molecule has 1 unspecified atom stereocenters. The minimum atomic E-state index is 0.732. The molecule has 1 heterocycles. The van der Waals surface area contributed by atoms with Crippen LogP contribution in [0.2, 0.25) is 0 Å². The van der Waals surface area contributed by atoms with Gasteiger partial charge in [0.1, 0.15) is 0 Å². The molecule has 0 amide bonds. The predicted octanol–water partition coefficient (Wildman–Crippen LogP) is 2.62. The fourth-order valence-corrected chi connectivity index (χ4v) is 2.17. The van der Waals surface area contributed by atoms with Gasteiger partial charge in [0.05, 0.1) is 6.20 Å². The summed E-state index contributed by atoms with van der Waals surface area (Å²) >= 11 is 0. The average Bonchev–Trinajstić information content (AvgIpc) is 2.63. The van der Waals surface area contributed by atoms with Gasteiger partial charge in [-0.05, 0) is 43.3 Å². The summed E-state index contributed by atoms with van der Waals surface area (Å²) in [6.45, 7) is 9.01. The molecule has 0 radical (unpaired) electrons. The molecule has 3 heteroatoms. The minimum Gasteiger partial charge on any atom is -0.316 e. The number of hydrogen-bond donors (Lipinski definition) is 1. The maximum atomic E-state index is 4.23. The maximum Gasteiger partial charge on any atom is 0.0521 e. The first-order chi connectivity index (χ1) is 8.11. The third kappa shape index (κ3) is 5.87. The standard InChI is InChI=1S/C14H27N3/c1-5-6-13(9-15-8-12(2)3)7-14-10-16-17(4)11-14/h10-13,15H,5-9H2,1-4H3. The Bertz CT molecular complexity index is 304. The van der Waals surface area contributed by atoms with E-state index in [2.05, 4.69) is 37.4 Å². The molecule has 0 saturated heterocycles. The molecule has 0 aliphatic rings. The monoisotopic (exact) mass is 237 g/mol. The van der Waals surface area contributed by atoms with E-state index >= 15 is 0 Å². The Morgan fingerprint density at radius 3 is 2.65 bits per heavy atom. The normalized spacial score (nSPS) is 13.2.